The molecule has 0 fully saturated rings. The van der Waals surface area contributed by atoms with Crippen LogP contribution in [0.2, 0.25) is 0 Å². The van der Waals surface area contributed by atoms with Crippen molar-refractivity contribution in [2.24, 2.45) is 4.99 Å². The van der Waals surface area contributed by atoms with Crippen LogP contribution in [0, 0.1) is 0 Å². The lowest BCUT2D eigenvalue weighted by Crippen LogP contribution is -2.37. The average Bonchev–Trinajstić information content (AvgIpc) is 3.11. The first-order valence-corrected chi connectivity index (χ1v) is 9.99. The molecule has 0 atom stereocenters. The van der Waals surface area contributed by atoms with E-state index in [-0.39, 0.29) is 30.1 Å². The zero-order valence-electron chi connectivity index (χ0n) is 16.6. The van der Waals surface area contributed by atoms with Crippen LogP contribution >= 0.6 is 35.3 Å². The number of nitrogens with one attached hydrogen (secondary N) is 2. The Hall–Kier alpha value is -1.19. The summed E-state index contributed by atoms with van der Waals surface area (Å²) in [4.78, 5) is 10.1. The number of aliphatic imine (C=N–C) groups is 1. The van der Waals surface area contributed by atoms with Gasteiger partial charge in [0.2, 0.25) is 0 Å². The molecule has 0 amide bonds. The van der Waals surface area contributed by atoms with Gasteiger partial charge in [0.25, 0.3) is 0 Å². The standard InChI is InChI=1S/C20H30N4OS.HI/c1-5-18-13-23-19(26-18)10-11-22-20(21-4)24-12-16-6-8-17(9-7-16)14-25-15(2)3;/h6-9,13,15H,5,10-12,14H2,1-4H3,(H2,21,22,24);1H. The second-order valence-electron chi connectivity index (χ2n) is 6.35. The number of ether oxygens (including phenoxy) is 1. The molecule has 0 saturated carbocycles. The second-order valence-corrected chi connectivity index (χ2v) is 7.55. The van der Waals surface area contributed by atoms with Gasteiger partial charge in [-0.25, -0.2) is 4.98 Å². The Morgan fingerprint density at radius 2 is 1.89 bits per heavy atom. The van der Waals surface area contributed by atoms with Gasteiger partial charge in [-0.1, -0.05) is 31.2 Å². The van der Waals surface area contributed by atoms with Gasteiger partial charge in [-0.15, -0.1) is 35.3 Å². The normalized spacial score (nSPS) is 11.4. The minimum Gasteiger partial charge on any atom is -0.374 e. The van der Waals surface area contributed by atoms with E-state index in [0.29, 0.717) is 6.61 Å². The van der Waals surface area contributed by atoms with Gasteiger partial charge in [-0.3, -0.25) is 4.99 Å². The van der Waals surface area contributed by atoms with Crippen LogP contribution in [0.3, 0.4) is 0 Å². The molecular weight excluding hydrogens is 471 g/mol. The van der Waals surface area contributed by atoms with E-state index in [9.17, 15) is 0 Å². The molecule has 0 unspecified atom stereocenters. The smallest absolute Gasteiger partial charge is 0.191 e. The molecule has 0 aliphatic heterocycles. The third kappa shape index (κ3) is 9.03. The molecule has 1 aromatic carbocycles. The van der Waals surface area contributed by atoms with Crippen molar-refractivity contribution in [3.05, 3.63) is 51.5 Å². The third-order valence-electron chi connectivity index (χ3n) is 3.87. The molecule has 0 radical (unpaired) electrons. The Bertz CT molecular complexity index is 686. The highest BCUT2D eigenvalue weighted by Crippen LogP contribution is 2.13. The molecule has 7 heteroatoms. The van der Waals surface area contributed by atoms with Crippen LogP contribution in [0.5, 0.6) is 0 Å². The maximum absolute atomic E-state index is 5.62. The van der Waals surface area contributed by atoms with Crippen LogP contribution in [-0.2, 0) is 30.7 Å². The minimum atomic E-state index is 0. The van der Waals surface area contributed by atoms with Gasteiger partial charge in [0.15, 0.2) is 5.96 Å². The number of nitrogens with zero attached hydrogens (tertiary/aromatic N) is 2. The summed E-state index contributed by atoms with van der Waals surface area (Å²) in [7, 11) is 1.79. The van der Waals surface area contributed by atoms with E-state index in [2.05, 4.69) is 51.8 Å². The summed E-state index contributed by atoms with van der Waals surface area (Å²) in [5.41, 5.74) is 2.41. The monoisotopic (exact) mass is 502 g/mol. The summed E-state index contributed by atoms with van der Waals surface area (Å²) in [6.45, 7) is 8.47. The first-order chi connectivity index (χ1) is 12.6. The summed E-state index contributed by atoms with van der Waals surface area (Å²) in [5.74, 6) is 0.810. The van der Waals surface area contributed by atoms with Gasteiger partial charge in [0.1, 0.15) is 0 Å². The Morgan fingerprint density at radius 3 is 2.48 bits per heavy atom. The largest absolute Gasteiger partial charge is 0.374 e. The molecule has 0 spiro atoms. The number of hydrogen-bond acceptors (Lipinski definition) is 4. The summed E-state index contributed by atoms with van der Waals surface area (Å²) < 4.78 is 5.62. The number of aryl methyl sites for hydroxylation is 1. The molecule has 2 N–H and O–H groups in total. The van der Waals surface area contributed by atoms with Crippen LogP contribution in [0.25, 0.3) is 0 Å². The molecule has 1 heterocycles. The first kappa shape index (κ1) is 23.8. The SMILES string of the molecule is CCc1cnc(CCNC(=NC)NCc2ccc(COC(C)C)cc2)s1.I. The van der Waals surface area contributed by atoms with Crippen molar-refractivity contribution in [1.82, 2.24) is 15.6 Å². The van der Waals surface area contributed by atoms with Crippen LogP contribution in [0.4, 0.5) is 0 Å². The minimum absolute atomic E-state index is 0. The van der Waals surface area contributed by atoms with Gasteiger partial charge >= 0.3 is 0 Å². The molecule has 0 saturated heterocycles. The van der Waals surface area contributed by atoms with Crippen molar-refractivity contribution in [3.63, 3.8) is 0 Å². The van der Waals surface area contributed by atoms with Gasteiger partial charge in [-0.2, -0.15) is 0 Å². The number of halogens is 1. The third-order valence-corrected chi connectivity index (χ3v) is 5.07. The van der Waals surface area contributed by atoms with Crippen molar-refractivity contribution >= 4 is 41.3 Å². The molecule has 2 rings (SSSR count). The summed E-state index contributed by atoms with van der Waals surface area (Å²) in [6.07, 6.45) is 4.19. The number of rotatable bonds is 9. The Morgan fingerprint density at radius 1 is 1.19 bits per heavy atom. The highest BCUT2D eigenvalue weighted by Gasteiger charge is 2.03. The van der Waals surface area contributed by atoms with Gasteiger partial charge < -0.3 is 15.4 Å². The molecule has 27 heavy (non-hydrogen) atoms. The fraction of sp³-hybridized carbons (Fsp3) is 0.500. The first-order valence-electron chi connectivity index (χ1n) is 9.18. The van der Waals surface area contributed by atoms with Gasteiger partial charge in [0.05, 0.1) is 17.7 Å². The molecule has 0 aliphatic carbocycles. The lowest BCUT2D eigenvalue weighted by Gasteiger charge is -2.12. The van der Waals surface area contributed by atoms with Crippen LogP contribution in [0.1, 0.15) is 41.8 Å². The number of thiazole rings is 1. The second kappa shape index (κ2) is 13.1. The zero-order chi connectivity index (χ0) is 18.8. The number of hydrogen-bond donors (Lipinski definition) is 2. The predicted molar refractivity (Wildman–Crippen MR) is 125 cm³/mol. The highest BCUT2D eigenvalue weighted by atomic mass is 127. The fourth-order valence-corrected chi connectivity index (χ4v) is 3.20. The van der Waals surface area contributed by atoms with E-state index in [1.54, 1.807) is 18.4 Å². The molecule has 2 aromatic rings. The Balaban J connectivity index is 0.00000364. The molecule has 150 valence electrons. The van der Waals surface area contributed by atoms with Crippen molar-refractivity contribution in [1.29, 1.82) is 0 Å². The Labute approximate surface area is 184 Å². The topological polar surface area (TPSA) is 58.5 Å². The van der Waals surface area contributed by atoms with Crippen molar-refractivity contribution in [2.75, 3.05) is 13.6 Å². The van der Waals surface area contributed by atoms with Crippen LogP contribution < -0.4 is 10.6 Å². The molecule has 1 aromatic heterocycles. The maximum atomic E-state index is 5.62. The number of aromatic nitrogens is 1. The summed E-state index contributed by atoms with van der Waals surface area (Å²) in [6, 6.07) is 8.48. The lowest BCUT2D eigenvalue weighted by atomic mass is 10.1. The van der Waals surface area contributed by atoms with E-state index in [0.717, 1.165) is 31.9 Å². The predicted octanol–water partition coefficient (Wildman–Crippen LogP) is 4.16. The van der Waals surface area contributed by atoms with Crippen molar-refractivity contribution in [3.8, 4) is 0 Å². The molecule has 0 bridgehead atoms. The average molecular weight is 502 g/mol. The molecule has 5 nitrogen and oxygen atoms in total. The number of benzene rings is 1. The molecule has 0 aliphatic rings. The van der Waals surface area contributed by atoms with Crippen molar-refractivity contribution < 1.29 is 4.74 Å². The maximum Gasteiger partial charge on any atom is 0.191 e. The van der Waals surface area contributed by atoms with E-state index in [1.807, 2.05) is 20.0 Å². The van der Waals surface area contributed by atoms with Crippen molar-refractivity contribution in [2.45, 2.75) is 52.9 Å². The van der Waals surface area contributed by atoms with Crippen LogP contribution in [-0.4, -0.2) is 30.6 Å². The Kier molecular flexibility index (Phi) is 11.5. The van der Waals surface area contributed by atoms with Crippen LogP contribution in [0.15, 0.2) is 35.5 Å². The van der Waals surface area contributed by atoms with E-state index < -0.39 is 0 Å². The lowest BCUT2D eigenvalue weighted by molar-refractivity contribution is 0.0657. The summed E-state index contributed by atoms with van der Waals surface area (Å²) >= 11 is 1.79. The fourth-order valence-electron chi connectivity index (χ4n) is 2.34. The highest BCUT2D eigenvalue weighted by molar-refractivity contribution is 14.0. The molecular formula is C20H31IN4OS. The summed E-state index contributed by atoms with van der Waals surface area (Å²) in [5, 5.41) is 7.86. The van der Waals surface area contributed by atoms with E-state index in [1.165, 1.54) is 21.0 Å². The van der Waals surface area contributed by atoms with Gasteiger partial charge in [-0.05, 0) is 31.4 Å². The quantitative estimate of drug-likeness (QED) is 0.307. The van der Waals surface area contributed by atoms with E-state index >= 15 is 0 Å². The van der Waals surface area contributed by atoms with Gasteiger partial charge in [0, 0.05) is 37.6 Å². The zero-order valence-corrected chi connectivity index (χ0v) is 19.8. The number of guanidine groups is 1. The van der Waals surface area contributed by atoms with E-state index in [4.69, 9.17) is 4.74 Å².